The van der Waals surface area contributed by atoms with Crippen LogP contribution in [0.3, 0.4) is 0 Å². The molecule has 0 bridgehead atoms. The first-order valence-electron chi connectivity index (χ1n) is 3.76. The number of thiazole rings is 1. The number of aryl methyl sites for hydroxylation is 1. The fraction of sp³-hybridized carbons (Fsp3) is 0.500. The topological polar surface area (TPSA) is 56.0 Å². The Balaban J connectivity index is 3.09. The predicted molar refractivity (Wildman–Crippen MR) is 49.5 cm³/mol. The molecule has 0 saturated carbocycles. The Kier molecular flexibility index (Phi) is 2.59. The molecule has 0 aliphatic rings. The van der Waals surface area contributed by atoms with E-state index in [1.807, 2.05) is 13.8 Å². The van der Waals surface area contributed by atoms with Crippen molar-refractivity contribution in [3.8, 4) is 0 Å². The van der Waals surface area contributed by atoms with Crippen LogP contribution in [0, 0.1) is 6.92 Å². The number of ketones is 1. The third-order valence-electron chi connectivity index (χ3n) is 1.52. The van der Waals surface area contributed by atoms with Crippen LogP contribution in [0.4, 0.5) is 0 Å². The summed E-state index contributed by atoms with van der Waals surface area (Å²) in [6.07, 6.45) is 0. The third kappa shape index (κ3) is 1.70. The molecule has 66 valence electrons. The van der Waals surface area contributed by atoms with Crippen molar-refractivity contribution < 1.29 is 4.79 Å². The van der Waals surface area contributed by atoms with Crippen molar-refractivity contribution in [1.82, 2.24) is 4.98 Å². The molecule has 1 rings (SSSR count). The molecular formula is C8H12N2OS. The Labute approximate surface area is 75.6 Å². The number of hydrogen-bond acceptors (Lipinski definition) is 4. The Bertz CT molecular complexity index is 304. The molecule has 4 heteroatoms. The highest BCUT2D eigenvalue weighted by Gasteiger charge is 2.12. The SMILES string of the molecule is CC(=O)c1sc(C(C)N)nc1C. The van der Waals surface area contributed by atoms with Crippen LogP contribution < -0.4 is 5.73 Å². The molecule has 2 N–H and O–H groups in total. The van der Waals surface area contributed by atoms with E-state index in [0.29, 0.717) is 0 Å². The molecule has 12 heavy (non-hydrogen) atoms. The lowest BCUT2D eigenvalue weighted by molar-refractivity contribution is 0.102. The Hall–Kier alpha value is -0.740. The molecule has 0 spiro atoms. The van der Waals surface area contributed by atoms with Crippen molar-refractivity contribution in [2.75, 3.05) is 0 Å². The van der Waals surface area contributed by atoms with E-state index in [9.17, 15) is 4.79 Å². The summed E-state index contributed by atoms with van der Waals surface area (Å²) < 4.78 is 0. The highest BCUT2D eigenvalue weighted by Crippen LogP contribution is 2.22. The molecule has 1 heterocycles. The average Bonchev–Trinajstić information content (AvgIpc) is 2.30. The second-order valence-electron chi connectivity index (χ2n) is 2.81. The van der Waals surface area contributed by atoms with E-state index in [0.717, 1.165) is 15.6 Å². The summed E-state index contributed by atoms with van der Waals surface area (Å²) >= 11 is 1.39. The summed E-state index contributed by atoms with van der Waals surface area (Å²) in [5.41, 5.74) is 6.42. The molecule has 3 nitrogen and oxygen atoms in total. The zero-order valence-electron chi connectivity index (χ0n) is 7.42. The third-order valence-corrected chi connectivity index (χ3v) is 2.98. The van der Waals surface area contributed by atoms with Gasteiger partial charge in [-0.15, -0.1) is 11.3 Å². The lowest BCUT2D eigenvalue weighted by atomic mass is 10.3. The molecule has 1 aromatic heterocycles. The minimum absolute atomic E-state index is 0.0666. The molecule has 1 atom stereocenters. The maximum atomic E-state index is 11.0. The van der Waals surface area contributed by atoms with Crippen LogP contribution in [0.15, 0.2) is 0 Å². The fourth-order valence-corrected chi connectivity index (χ4v) is 1.85. The number of carbonyl (C=O) groups is 1. The quantitative estimate of drug-likeness (QED) is 0.711. The molecule has 0 amide bonds. The van der Waals surface area contributed by atoms with Crippen LogP contribution in [0.1, 0.15) is 40.3 Å². The Morgan fingerprint density at radius 2 is 2.25 bits per heavy atom. The molecule has 0 aliphatic heterocycles. The van der Waals surface area contributed by atoms with E-state index in [4.69, 9.17) is 5.73 Å². The zero-order valence-corrected chi connectivity index (χ0v) is 8.23. The van der Waals surface area contributed by atoms with Gasteiger partial charge in [-0.05, 0) is 13.8 Å². The van der Waals surface area contributed by atoms with Gasteiger partial charge in [0.2, 0.25) is 0 Å². The van der Waals surface area contributed by atoms with Gasteiger partial charge in [-0.25, -0.2) is 4.98 Å². The highest BCUT2D eigenvalue weighted by molar-refractivity contribution is 7.13. The second kappa shape index (κ2) is 3.33. The van der Waals surface area contributed by atoms with E-state index in [1.54, 1.807) is 6.92 Å². The second-order valence-corrected chi connectivity index (χ2v) is 3.84. The van der Waals surface area contributed by atoms with Crippen molar-refractivity contribution in [2.24, 2.45) is 5.73 Å². The van der Waals surface area contributed by atoms with E-state index in [2.05, 4.69) is 4.98 Å². The zero-order chi connectivity index (χ0) is 9.30. The number of nitrogens with two attached hydrogens (primary N) is 1. The lowest BCUT2D eigenvalue weighted by Gasteiger charge is -1.95. The summed E-state index contributed by atoms with van der Waals surface area (Å²) in [6, 6.07) is -0.0817. The summed E-state index contributed by atoms with van der Waals surface area (Å²) in [5, 5.41) is 0.831. The van der Waals surface area contributed by atoms with Gasteiger partial charge in [0.05, 0.1) is 16.6 Å². The summed E-state index contributed by atoms with van der Waals surface area (Å²) in [6.45, 7) is 5.24. The summed E-state index contributed by atoms with van der Waals surface area (Å²) in [7, 11) is 0. The van der Waals surface area contributed by atoms with Gasteiger partial charge in [0.25, 0.3) is 0 Å². The molecule has 0 saturated heterocycles. The number of nitrogens with zero attached hydrogens (tertiary/aromatic N) is 1. The predicted octanol–water partition coefficient (Wildman–Crippen LogP) is 1.67. The van der Waals surface area contributed by atoms with Crippen LogP contribution >= 0.6 is 11.3 Å². The van der Waals surface area contributed by atoms with Crippen LogP contribution in [-0.4, -0.2) is 10.8 Å². The van der Waals surface area contributed by atoms with Gasteiger partial charge < -0.3 is 5.73 Å². The summed E-state index contributed by atoms with van der Waals surface area (Å²) in [4.78, 5) is 16.0. The molecule has 1 aromatic rings. The van der Waals surface area contributed by atoms with Crippen molar-refractivity contribution in [2.45, 2.75) is 26.8 Å². The minimum atomic E-state index is -0.0817. The first kappa shape index (κ1) is 9.35. The van der Waals surface area contributed by atoms with Crippen LogP contribution in [0.25, 0.3) is 0 Å². The Morgan fingerprint density at radius 3 is 2.50 bits per heavy atom. The smallest absolute Gasteiger partial charge is 0.171 e. The first-order valence-corrected chi connectivity index (χ1v) is 4.58. The van der Waals surface area contributed by atoms with Gasteiger partial charge in [-0.1, -0.05) is 0 Å². The molecule has 0 radical (unpaired) electrons. The van der Waals surface area contributed by atoms with Gasteiger partial charge in [-0.2, -0.15) is 0 Å². The van der Waals surface area contributed by atoms with E-state index < -0.39 is 0 Å². The number of Topliss-reactive ketones (excluding diaryl/α,β-unsaturated/α-hetero) is 1. The largest absolute Gasteiger partial charge is 0.322 e. The van der Waals surface area contributed by atoms with Gasteiger partial charge >= 0.3 is 0 Å². The first-order chi connectivity index (χ1) is 5.52. The van der Waals surface area contributed by atoms with Gasteiger partial charge in [-0.3, -0.25) is 4.79 Å². The molecule has 0 aromatic carbocycles. The fourth-order valence-electron chi connectivity index (χ4n) is 0.939. The maximum absolute atomic E-state index is 11.0. The Morgan fingerprint density at radius 1 is 1.67 bits per heavy atom. The van der Waals surface area contributed by atoms with Crippen molar-refractivity contribution in [3.63, 3.8) is 0 Å². The minimum Gasteiger partial charge on any atom is -0.322 e. The van der Waals surface area contributed by atoms with Crippen LogP contribution in [0.2, 0.25) is 0 Å². The number of aromatic nitrogens is 1. The molecule has 1 unspecified atom stereocenters. The maximum Gasteiger partial charge on any atom is 0.171 e. The van der Waals surface area contributed by atoms with Crippen LogP contribution in [-0.2, 0) is 0 Å². The molecule has 0 aliphatic carbocycles. The van der Waals surface area contributed by atoms with E-state index >= 15 is 0 Å². The van der Waals surface area contributed by atoms with E-state index in [-0.39, 0.29) is 11.8 Å². The van der Waals surface area contributed by atoms with Crippen LogP contribution in [0.5, 0.6) is 0 Å². The van der Waals surface area contributed by atoms with Crippen molar-refractivity contribution in [1.29, 1.82) is 0 Å². The van der Waals surface area contributed by atoms with Gasteiger partial charge in [0.1, 0.15) is 5.01 Å². The normalized spacial score (nSPS) is 13.0. The lowest BCUT2D eigenvalue weighted by Crippen LogP contribution is -2.03. The number of rotatable bonds is 2. The van der Waals surface area contributed by atoms with Crippen molar-refractivity contribution >= 4 is 17.1 Å². The van der Waals surface area contributed by atoms with Gasteiger partial charge in [0, 0.05) is 6.92 Å². The summed E-state index contributed by atoms with van der Waals surface area (Å²) in [5.74, 6) is 0.0666. The van der Waals surface area contributed by atoms with Gasteiger partial charge in [0.15, 0.2) is 5.78 Å². The highest BCUT2D eigenvalue weighted by atomic mass is 32.1. The standard InChI is InChI=1S/C8H12N2OS/c1-4(9)8-10-5(2)7(12-8)6(3)11/h4H,9H2,1-3H3. The van der Waals surface area contributed by atoms with Crippen molar-refractivity contribution in [3.05, 3.63) is 15.6 Å². The average molecular weight is 184 g/mol. The molecule has 0 fully saturated rings. The number of hydrogen-bond donors (Lipinski definition) is 1. The number of carbonyl (C=O) groups excluding carboxylic acids is 1. The van der Waals surface area contributed by atoms with E-state index in [1.165, 1.54) is 11.3 Å². The monoisotopic (exact) mass is 184 g/mol. The molecular weight excluding hydrogens is 172 g/mol.